The standard InChI is InChI=1S/C12H14F3N/c1-2-16-9-5-7-10-6-3-4-8-11(10)12(13,14)15/h3-8,16H,2,9H2,1H3. The molecular formula is C12H14F3N. The fraction of sp³-hybridized carbons (Fsp3) is 0.333. The van der Waals surface area contributed by atoms with Gasteiger partial charge in [-0.15, -0.1) is 0 Å². The van der Waals surface area contributed by atoms with Crippen LogP contribution >= 0.6 is 0 Å². The molecule has 1 N–H and O–H groups in total. The maximum absolute atomic E-state index is 12.6. The molecule has 0 fully saturated rings. The molecule has 0 aliphatic rings. The molecule has 0 bridgehead atoms. The number of rotatable bonds is 4. The van der Waals surface area contributed by atoms with Crippen LogP contribution in [0.3, 0.4) is 0 Å². The minimum atomic E-state index is -4.29. The van der Waals surface area contributed by atoms with E-state index in [4.69, 9.17) is 0 Å². The number of nitrogens with one attached hydrogen (secondary N) is 1. The van der Waals surface area contributed by atoms with Crippen LogP contribution in [0.2, 0.25) is 0 Å². The van der Waals surface area contributed by atoms with E-state index in [0.29, 0.717) is 6.54 Å². The van der Waals surface area contributed by atoms with Gasteiger partial charge in [-0.2, -0.15) is 13.2 Å². The lowest BCUT2D eigenvalue weighted by Crippen LogP contribution is -2.11. The van der Waals surface area contributed by atoms with Crippen LogP contribution in [0.4, 0.5) is 13.2 Å². The molecule has 0 heterocycles. The summed E-state index contributed by atoms with van der Waals surface area (Å²) in [6.45, 7) is 3.31. The van der Waals surface area contributed by atoms with E-state index in [9.17, 15) is 13.2 Å². The minimum absolute atomic E-state index is 0.202. The quantitative estimate of drug-likeness (QED) is 0.781. The van der Waals surface area contributed by atoms with Crippen molar-refractivity contribution >= 4 is 6.08 Å². The molecule has 0 spiro atoms. The van der Waals surface area contributed by atoms with Crippen LogP contribution in [0.15, 0.2) is 30.3 Å². The van der Waals surface area contributed by atoms with Gasteiger partial charge in [0.2, 0.25) is 0 Å². The Morgan fingerprint density at radius 3 is 2.56 bits per heavy atom. The highest BCUT2D eigenvalue weighted by Gasteiger charge is 2.32. The van der Waals surface area contributed by atoms with Crippen molar-refractivity contribution in [1.29, 1.82) is 0 Å². The molecule has 1 aromatic rings. The molecule has 16 heavy (non-hydrogen) atoms. The van der Waals surface area contributed by atoms with Crippen LogP contribution in [0.5, 0.6) is 0 Å². The van der Waals surface area contributed by atoms with Gasteiger partial charge in [-0.25, -0.2) is 0 Å². The Labute approximate surface area is 93.0 Å². The molecule has 0 aliphatic carbocycles. The molecule has 1 aromatic carbocycles. The Morgan fingerprint density at radius 1 is 1.25 bits per heavy atom. The zero-order chi connectivity index (χ0) is 12.0. The molecule has 0 aromatic heterocycles. The highest BCUT2D eigenvalue weighted by molar-refractivity contribution is 5.54. The fourth-order valence-corrected chi connectivity index (χ4v) is 1.31. The number of benzene rings is 1. The highest BCUT2D eigenvalue weighted by Crippen LogP contribution is 2.32. The predicted molar refractivity (Wildman–Crippen MR) is 59.0 cm³/mol. The van der Waals surface area contributed by atoms with E-state index in [1.165, 1.54) is 18.2 Å². The van der Waals surface area contributed by atoms with Crippen molar-refractivity contribution < 1.29 is 13.2 Å². The van der Waals surface area contributed by atoms with E-state index in [1.54, 1.807) is 12.1 Å². The molecule has 0 atom stereocenters. The maximum atomic E-state index is 12.6. The van der Waals surface area contributed by atoms with Crippen molar-refractivity contribution in [2.75, 3.05) is 13.1 Å². The van der Waals surface area contributed by atoms with E-state index >= 15 is 0 Å². The summed E-state index contributed by atoms with van der Waals surface area (Å²) in [5.41, 5.74) is -0.393. The molecule has 0 unspecified atom stereocenters. The van der Waals surface area contributed by atoms with E-state index in [-0.39, 0.29) is 5.56 Å². The lowest BCUT2D eigenvalue weighted by Gasteiger charge is -2.09. The Balaban J connectivity index is 2.83. The number of likely N-dealkylation sites (N-methyl/N-ethyl adjacent to an activating group) is 1. The molecule has 88 valence electrons. The van der Waals surface area contributed by atoms with Crippen molar-refractivity contribution in [3.8, 4) is 0 Å². The smallest absolute Gasteiger partial charge is 0.314 e. The summed E-state index contributed by atoms with van der Waals surface area (Å²) in [6.07, 6.45) is -1.11. The molecular weight excluding hydrogens is 215 g/mol. The second-order valence-corrected chi connectivity index (χ2v) is 3.30. The van der Waals surface area contributed by atoms with Gasteiger partial charge in [-0.1, -0.05) is 37.3 Å². The molecule has 0 aliphatic heterocycles. The second-order valence-electron chi connectivity index (χ2n) is 3.30. The maximum Gasteiger partial charge on any atom is 0.416 e. The minimum Gasteiger partial charge on any atom is -0.314 e. The van der Waals surface area contributed by atoms with Crippen LogP contribution in [-0.2, 0) is 6.18 Å². The van der Waals surface area contributed by atoms with E-state index < -0.39 is 11.7 Å². The average Bonchev–Trinajstić information content (AvgIpc) is 2.24. The third-order valence-electron chi connectivity index (χ3n) is 2.08. The van der Waals surface area contributed by atoms with Gasteiger partial charge in [-0.05, 0) is 18.2 Å². The Morgan fingerprint density at radius 2 is 1.94 bits per heavy atom. The first-order valence-corrected chi connectivity index (χ1v) is 5.09. The zero-order valence-corrected chi connectivity index (χ0v) is 9.01. The van der Waals surface area contributed by atoms with Gasteiger partial charge >= 0.3 is 6.18 Å². The van der Waals surface area contributed by atoms with Crippen LogP contribution in [0, 0.1) is 0 Å². The van der Waals surface area contributed by atoms with Crippen molar-refractivity contribution in [3.63, 3.8) is 0 Å². The first-order chi connectivity index (χ1) is 7.55. The van der Waals surface area contributed by atoms with Gasteiger partial charge < -0.3 is 5.32 Å². The summed E-state index contributed by atoms with van der Waals surface area (Å²) in [7, 11) is 0. The van der Waals surface area contributed by atoms with Crippen molar-refractivity contribution in [2.24, 2.45) is 0 Å². The van der Waals surface area contributed by atoms with E-state index in [2.05, 4.69) is 5.32 Å². The average molecular weight is 229 g/mol. The predicted octanol–water partition coefficient (Wildman–Crippen LogP) is 3.33. The molecule has 1 nitrogen and oxygen atoms in total. The van der Waals surface area contributed by atoms with Gasteiger partial charge in [0.05, 0.1) is 5.56 Å². The highest BCUT2D eigenvalue weighted by atomic mass is 19.4. The lowest BCUT2D eigenvalue weighted by atomic mass is 10.1. The van der Waals surface area contributed by atoms with Crippen LogP contribution in [0.1, 0.15) is 18.1 Å². The number of hydrogen-bond acceptors (Lipinski definition) is 1. The number of alkyl halides is 3. The lowest BCUT2D eigenvalue weighted by molar-refractivity contribution is -0.137. The van der Waals surface area contributed by atoms with Crippen LogP contribution < -0.4 is 5.32 Å². The van der Waals surface area contributed by atoms with Crippen molar-refractivity contribution in [1.82, 2.24) is 5.32 Å². The summed E-state index contributed by atoms with van der Waals surface area (Å²) in [4.78, 5) is 0. The Bertz CT molecular complexity index is 356. The Kier molecular flexibility index (Phi) is 4.55. The number of halogens is 3. The SMILES string of the molecule is CCNCC=Cc1ccccc1C(F)(F)F. The van der Waals surface area contributed by atoms with Gasteiger partial charge in [0, 0.05) is 6.54 Å². The van der Waals surface area contributed by atoms with Gasteiger partial charge in [0.25, 0.3) is 0 Å². The third kappa shape index (κ3) is 3.70. The topological polar surface area (TPSA) is 12.0 Å². The van der Waals surface area contributed by atoms with E-state index in [0.717, 1.165) is 12.6 Å². The third-order valence-corrected chi connectivity index (χ3v) is 2.08. The largest absolute Gasteiger partial charge is 0.416 e. The van der Waals surface area contributed by atoms with Crippen molar-refractivity contribution in [3.05, 3.63) is 41.5 Å². The van der Waals surface area contributed by atoms with E-state index in [1.807, 2.05) is 6.92 Å². The normalized spacial score (nSPS) is 12.2. The molecule has 4 heteroatoms. The van der Waals surface area contributed by atoms with Gasteiger partial charge in [0.15, 0.2) is 0 Å². The summed E-state index contributed by atoms with van der Waals surface area (Å²) >= 11 is 0. The molecule has 0 amide bonds. The first-order valence-electron chi connectivity index (χ1n) is 5.09. The fourth-order valence-electron chi connectivity index (χ4n) is 1.31. The molecule has 0 radical (unpaired) electrons. The second kappa shape index (κ2) is 5.70. The summed E-state index contributed by atoms with van der Waals surface area (Å²) in [5, 5.41) is 3.01. The molecule has 0 saturated carbocycles. The summed E-state index contributed by atoms with van der Waals surface area (Å²) in [5.74, 6) is 0. The van der Waals surface area contributed by atoms with Crippen LogP contribution in [0.25, 0.3) is 6.08 Å². The van der Waals surface area contributed by atoms with Crippen molar-refractivity contribution in [2.45, 2.75) is 13.1 Å². The molecule has 1 rings (SSSR count). The monoisotopic (exact) mass is 229 g/mol. The van der Waals surface area contributed by atoms with Gasteiger partial charge in [-0.3, -0.25) is 0 Å². The summed E-state index contributed by atoms with van der Waals surface area (Å²) in [6, 6.07) is 5.55. The number of hydrogen-bond donors (Lipinski definition) is 1. The zero-order valence-electron chi connectivity index (χ0n) is 9.01. The molecule has 0 saturated heterocycles. The first kappa shape index (κ1) is 12.8. The Hall–Kier alpha value is -1.29. The van der Waals surface area contributed by atoms with Gasteiger partial charge in [0.1, 0.15) is 0 Å². The van der Waals surface area contributed by atoms with Crippen LogP contribution in [-0.4, -0.2) is 13.1 Å². The summed E-state index contributed by atoms with van der Waals surface area (Å²) < 4.78 is 37.7.